The van der Waals surface area contributed by atoms with Crippen LogP contribution in [0.5, 0.6) is 11.5 Å². The maximum atomic E-state index is 12.0. The Balaban J connectivity index is 1.45. The molecule has 1 fully saturated rings. The number of β-amino-alcohol motifs (C(OH)–C–C–N with tert-alkyl or cyclic N) is 1. The summed E-state index contributed by atoms with van der Waals surface area (Å²) in [5.41, 5.74) is 1.62. The van der Waals surface area contributed by atoms with E-state index in [0.717, 1.165) is 35.8 Å². The molecule has 2 aliphatic rings. The number of amides is 1. The van der Waals surface area contributed by atoms with Crippen molar-refractivity contribution in [1.82, 2.24) is 9.88 Å². The number of nitrogens with zero attached hydrogens (tertiary/aromatic N) is 3. The van der Waals surface area contributed by atoms with Crippen LogP contribution in [0, 0.1) is 0 Å². The Morgan fingerprint density at radius 1 is 1.22 bits per heavy atom. The van der Waals surface area contributed by atoms with Crippen LogP contribution in [0.3, 0.4) is 0 Å². The van der Waals surface area contributed by atoms with E-state index in [4.69, 9.17) is 9.47 Å². The molecular formula is C20H23N3O4. The summed E-state index contributed by atoms with van der Waals surface area (Å²) >= 11 is 0. The summed E-state index contributed by atoms with van der Waals surface area (Å²) in [6.45, 7) is 1.52. The number of hydrogen-bond donors (Lipinski definition) is 1. The highest BCUT2D eigenvalue weighted by molar-refractivity contribution is 5.93. The average Bonchev–Trinajstić information content (AvgIpc) is 3.15. The summed E-state index contributed by atoms with van der Waals surface area (Å²) in [6.07, 6.45) is 1.89. The molecule has 1 saturated heterocycles. The van der Waals surface area contributed by atoms with Crippen LogP contribution in [0.1, 0.15) is 28.3 Å². The van der Waals surface area contributed by atoms with Gasteiger partial charge < -0.3 is 24.4 Å². The van der Waals surface area contributed by atoms with E-state index in [9.17, 15) is 9.90 Å². The van der Waals surface area contributed by atoms with Crippen molar-refractivity contribution in [3.05, 3.63) is 47.7 Å². The van der Waals surface area contributed by atoms with Gasteiger partial charge in [0.1, 0.15) is 5.82 Å². The maximum Gasteiger partial charge on any atom is 0.254 e. The second-order valence-electron chi connectivity index (χ2n) is 7.13. The zero-order chi connectivity index (χ0) is 19.0. The SMILES string of the molecule is CN(C)C(=O)c1ccc(N2CC[C@@H](c3ccc4c(c3)OCO4)[C@H](O)C2)nc1. The lowest BCUT2D eigenvalue weighted by molar-refractivity contribution is 0.0827. The minimum Gasteiger partial charge on any atom is -0.454 e. The van der Waals surface area contributed by atoms with Gasteiger partial charge in [-0.25, -0.2) is 4.98 Å². The first kappa shape index (κ1) is 17.6. The van der Waals surface area contributed by atoms with Crippen molar-refractivity contribution >= 4 is 11.7 Å². The first-order chi connectivity index (χ1) is 13.0. The van der Waals surface area contributed by atoms with Gasteiger partial charge in [0.05, 0.1) is 11.7 Å². The van der Waals surface area contributed by atoms with E-state index in [-0.39, 0.29) is 18.6 Å². The zero-order valence-corrected chi connectivity index (χ0v) is 15.5. The molecule has 4 rings (SSSR count). The van der Waals surface area contributed by atoms with E-state index in [0.29, 0.717) is 12.1 Å². The summed E-state index contributed by atoms with van der Waals surface area (Å²) < 4.78 is 10.8. The molecule has 7 nitrogen and oxygen atoms in total. The van der Waals surface area contributed by atoms with E-state index in [1.54, 1.807) is 26.4 Å². The van der Waals surface area contributed by atoms with E-state index < -0.39 is 6.10 Å². The van der Waals surface area contributed by atoms with Crippen LogP contribution in [0.4, 0.5) is 5.82 Å². The summed E-state index contributed by atoms with van der Waals surface area (Å²) in [7, 11) is 3.43. The van der Waals surface area contributed by atoms with Crippen molar-refractivity contribution in [3.8, 4) is 11.5 Å². The normalized spacial score (nSPS) is 21.2. The number of aromatic nitrogens is 1. The van der Waals surface area contributed by atoms with Crippen LogP contribution in [-0.4, -0.2) is 61.0 Å². The fourth-order valence-electron chi connectivity index (χ4n) is 3.63. The lowest BCUT2D eigenvalue weighted by Gasteiger charge is -2.37. The lowest BCUT2D eigenvalue weighted by atomic mass is 9.87. The number of fused-ring (bicyclic) bond motifs is 1. The smallest absolute Gasteiger partial charge is 0.254 e. The average molecular weight is 369 g/mol. The molecule has 1 aromatic heterocycles. The second kappa shape index (κ2) is 7.08. The fourth-order valence-corrected chi connectivity index (χ4v) is 3.63. The van der Waals surface area contributed by atoms with E-state index >= 15 is 0 Å². The number of benzene rings is 1. The third-order valence-electron chi connectivity index (χ3n) is 5.13. The molecule has 7 heteroatoms. The van der Waals surface area contributed by atoms with Gasteiger partial charge in [0, 0.05) is 39.3 Å². The Hall–Kier alpha value is -2.80. The largest absolute Gasteiger partial charge is 0.454 e. The molecule has 1 aromatic carbocycles. The maximum absolute atomic E-state index is 12.0. The molecular weight excluding hydrogens is 346 g/mol. The van der Waals surface area contributed by atoms with Gasteiger partial charge in [0.2, 0.25) is 6.79 Å². The molecule has 142 valence electrons. The van der Waals surface area contributed by atoms with Crippen LogP contribution in [-0.2, 0) is 0 Å². The van der Waals surface area contributed by atoms with E-state index in [2.05, 4.69) is 9.88 Å². The second-order valence-corrected chi connectivity index (χ2v) is 7.13. The summed E-state index contributed by atoms with van der Waals surface area (Å²) in [4.78, 5) is 20.0. The molecule has 0 radical (unpaired) electrons. The quantitative estimate of drug-likeness (QED) is 0.890. The van der Waals surface area contributed by atoms with Crippen LogP contribution in [0.25, 0.3) is 0 Å². The molecule has 2 atom stereocenters. The molecule has 27 heavy (non-hydrogen) atoms. The van der Waals surface area contributed by atoms with Crippen molar-refractivity contribution in [3.63, 3.8) is 0 Å². The van der Waals surface area contributed by atoms with Crippen LogP contribution in [0.2, 0.25) is 0 Å². The number of carbonyl (C=O) groups is 1. The minimum atomic E-state index is -0.510. The number of carbonyl (C=O) groups excluding carboxylic acids is 1. The Morgan fingerprint density at radius 2 is 2.04 bits per heavy atom. The number of rotatable bonds is 3. The standard InChI is InChI=1S/C20H23N3O4/c1-22(2)20(25)14-4-6-19(21-10-14)23-8-7-15(16(24)11-23)13-3-5-17-18(9-13)27-12-26-17/h3-6,9-10,15-16,24H,7-8,11-12H2,1-2H3/t15-,16+/m0/s1. The van der Waals surface area contributed by atoms with Crippen LogP contribution < -0.4 is 14.4 Å². The zero-order valence-electron chi connectivity index (χ0n) is 15.5. The van der Waals surface area contributed by atoms with Crippen molar-refractivity contribution in [2.24, 2.45) is 0 Å². The molecule has 0 aliphatic carbocycles. The highest BCUT2D eigenvalue weighted by Crippen LogP contribution is 2.38. The number of hydrogen-bond acceptors (Lipinski definition) is 6. The van der Waals surface area contributed by atoms with Crippen molar-refractivity contribution in [2.75, 3.05) is 38.9 Å². The summed E-state index contributed by atoms with van der Waals surface area (Å²) in [5.74, 6) is 2.24. The predicted molar refractivity (Wildman–Crippen MR) is 100 cm³/mol. The molecule has 0 bridgehead atoms. The molecule has 0 spiro atoms. The number of anilines is 1. The molecule has 1 amide bonds. The van der Waals surface area contributed by atoms with Gasteiger partial charge >= 0.3 is 0 Å². The highest BCUT2D eigenvalue weighted by Gasteiger charge is 2.30. The fraction of sp³-hybridized carbons (Fsp3) is 0.400. The van der Waals surface area contributed by atoms with Gasteiger partial charge in [0.15, 0.2) is 11.5 Å². The van der Waals surface area contributed by atoms with Gasteiger partial charge in [-0.15, -0.1) is 0 Å². The Morgan fingerprint density at radius 3 is 2.74 bits per heavy atom. The van der Waals surface area contributed by atoms with Crippen molar-refractivity contribution < 1.29 is 19.4 Å². The summed E-state index contributed by atoms with van der Waals surface area (Å²) in [5, 5.41) is 10.7. The molecule has 0 unspecified atom stereocenters. The van der Waals surface area contributed by atoms with Crippen molar-refractivity contribution in [2.45, 2.75) is 18.4 Å². The Labute approximate surface area is 158 Å². The molecule has 0 saturated carbocycles. The Kier molecular flexibility index (Phi) is 4.61. The van der Waals surface area contributed by atoms with Gasteiger partial charge in [-0.05, 0) is 36.2 Å². The van der Waals surface area contributed by atoms with Gasteiger partial charge in [-0.2, -0.15) is 0 Å². The number of aliphatic hydroxyl groups excluding tert-OH is 1. The topological polar surface area (TPSA) is 75.1 Å². The Bertz CT molecular complexity index is 838. The van der Waals surface area contributed by atoms with E-state index in [1.165, 1.54) is 4.90 Å². The van der Waals surface area contributed by atoms with Crippen LogP contribution in [0.15, 0.2) is 36.5 Å². The first-order valence-electron chi connectivity index (χ1n) is 9.03. The molecule has 2 aromatic rings. The number of piperidine rings is 1. The minimum absolute atomic E-state index is 0.0466. The lowest BCUT2D eigenvalue weighted by Crippen LogP contribution is -2.43. The first-order valence-corrected chi connectivity index (χ1v) is 9.03. The summed E-state index contributed by atoms with van der Waals surface area (Å²) in [6, 6.07) is 9.48. The predicted octanol–water partition coefficient (Wildman–Crippen LogP) is 1.87. The number of pyridine rings is 1. The third-order valence-corrected chi connectivity index (χ3v) is 5.13. The third kappa shape index (κ3) is 3.42. The molecule has 1 N–H and O–H groups in total. The molecule has 3 heterocycles. The number of ether oxygens (including phenoxy) is 2. The van der Waals surface area contributed by atoms with Gasteiger partial charge in [-0.3, -0.25) is 4.79 Å². The molecule has 2 aliphatic heterocycles. The highest BCUT2D eigenvalue weighted by atomic mass is 16.7. The van der Waals surface area contributed by atoms with Crippen LogP contribution >= 0.6 is 0 Å². The van der Waals surface area contributed by atoms with E-state index in [1.807, 2.05) is 24.3 Å². The monoisotopic (exact) mass is 369 g/mol. The van der Waals surface area contributed by atoms with Gasteiger partial charge in [0.25, 0.3) is 5.91 Å². The number of aliphatic hydroxyl groups is 1. The van der Waals surface area contributed by atoms with Crippen molar-refractivity contribution in [1.29, 1.82) is 0 Å². The van der Waals surface area contributed by atoms with Gasteiger partial charge in [-0.1, -0.05) is 6.07 Å².